The molecular formula is C31H31N6Y6-3. The van der Waals surface area contributed by atoms with Crippen molar-refractivity contribution in [3.05, 3.63) is 100 Å². The number of hydrogen-bond acceptors (Lipinski definition) is 6. The normalized spacial score (nSPS) is 12.6. The third-order valence-corrected chi connectivity index (χ3v) is 8.15. The van der Waals surface area contributed by atoms with Crippen molar-refractivity contribution in [3.63, 3.8) is 0 Å². The molecule has 0 spiro atoms. The van der Waals surface area contributed by atoms with E-state index in [1.54, 1.807) is 0 Å². The summed E-state index contributed by atoms with van der Waals surface area (Å²) in [6.07, 6.45) is 2.51. The van der Waals surface area contributed by atoms with E-state index in [2.05, 4.69) is 74.7 Å². The van der Waals surface area contributed by atoms with Gasteiger partial charge in [0.05, 0.1) is 0 Å². The van der Waals surface area contributed by atoms with Gasteiger partial charge in [-0.3, -0.25) is 15.0 Å². The molecule has 0 saturated heterocycles. The molecule has 0 aliphatic carbocycles. The van der Waals surface area contributed by atoms with Gasteiger partial charge in [-0.25, -0.2) is 0 Å². The molecule has 0 unspecified atom stereocenters. The van der Waals surface area contributed by atoms with Crippen LogP contribution in [0.1, 0.15) is 50.1 Å². The monoisotopic (exact) mass is 1020 g/mol. The zero-order valence-corrected chi connectivity index (χ0v) is 43.0. The van der Waals surface area contributed by atoms with Gasteiger partial charge >= 0.3 is 0 Å². The van der Waals surface area contributed by atoms with Crippen molar-refractivity contribution >= 4 is 0 Å². The summed E-state index contributed by atoms with van der Waals surface area (Å²) < 4.78 is 0. The van der Waals surface area contributed by atoms with E-state index in [0.717, 1.165) is 84.8 Å². The molecule has 3 aromatic rings. The maximum absolute atomic E-state index is 4.75. The Labute approximate surface area is 405 Å². The van der Waals surface area contributed by atoms with Gasteiger partial charge in [0.15, 0.2) is 0 Å². The van der Waals surface area contributed by atoms with E-state index in [-0.39, 0.29) is 202 Å². The number of benzene rings is 3. The minimum absolute atomic E-state index is 0. The van der Waals surface area contributed by atoms with Crippen molar-refractivity contribution in [1.82, 2.24) is 0 Å². The van der Waals surface area contributed by atoms with E-state index in [0.29, 0.717) is 20.0 Å². The number of fused-ring (bicyclic) bond motifs is 3. The fourth-order valence-electron chi connectivity index (χ4n) is 5.78. The predicted octanol–water partition coefficient (Wildman–Crippen LogP) is 1.20. The van der Waals surface area contributed by atoms with Crippen molar-refractivity contribution in [2.24, 2.45) is 35.9 Å². The molecule has 3 aliphatic heterocycles. The number of hydrogen-bond donors (Lipinski definition) is 0. The summed E-state index contributed by atoms with van der Waals surface area (Å²) >= 11 is 0. The van der Waals surface area contributed by atoms with E-state index in [4.69, 9.17) is 15.0 Å². The average molecular weight is 1020 g/mol. The van der Waals surface area contributed by atoms with Crippen LogP contribution in [0.3, 0.4) is 0 Å². The van der Waals surface area contributed by atoms with Crippen LogP contribution in [0.25, 0.3) is 0 Å². The summed E-state index contributed by atoms with van der Waals surface area (Å²) in [5.41, 5.74) is 10.4. The molecule has 3 aromatic carbocycles. The van der Waals surface area contributed by atoms with Crippen LogP contribution in [0.5, 0.6) is 0 Å². The first kappa shape index (κ1) is 46.1. The molecule has 0 bridgehead atoms. The Bertz CT molecular complexity index is 1660. The van der Waals surface area contributed by atoms with Crippen molar-refractivity contribution in [1.29, 1.82) is 0 Å². The van der Waals surface area contributed by atoms with Gasteiger partial charge in [0.25, 0.3) is 0 Å². The Hall–Kier alpha value is 3.08. The molecule has 206 valence electrons. The molecule has 3 aliphatic rings. The quantitative estimate of drug-likeness (QED) is 0.334. The SMILES string of the molecule is Cc1[c-]c(CC(Cc2[c-]c(C)c(C)c3c2=NCN=3)Cc2[c-]c(C)c(C)c3c2=NCN=3)c2c(c1C)=NCN=2.[Y].[Y].[Y].[Y].[Y].[Y]. The van der Waals surface area contributed by atoms with Gasteiger partial charge in [0, 0.05) is 196 Å². The van der Waals surface area contributed by atoms with E-state index in [1.165, 1.54) is 16.7 Å². The second-order valence-corrected chi connectivity index (χ2v) is 10.5. The first-order valence-electron chi connectivity index (χ1n) is 13.0. The first-order valence-corrected chi connectivity index (χ1v) is 13.0. The predicted molar refractivity (Wildman–Crippen MR) is 140 cm³/mol. The van der Waals surface area contributed by atoms with Crippen LogP contribution in [0.2, 0.25) is 0 Å². The smallest absolute Gasteiger partial charge is 0.115 e. The summed E-state index contributed by atoms with van der Waals surface area (Å²) in [6.45, 7) is 14.2. The summed E-state index contributed by atoms with van der Waals surface area (Å²) in [5, 5.41) is 6.13. The Balaban J connectivity index is 0.00000294. The molecule has 6 radical (unpaired) electrons. The van der Waals surface area contributed by atoms with Crippen molar-refractivity contribution in [3.8, 4) is 0 Å². The number of rotatable bonds is 6. The molecule has 6 nitrogen and oxygen atoms in total. The van der Waals surface area contributed by atoms with Gasteiger partial charge in [-0.05, 0) is 57.3 Å². The number of aryl methyl sites for hydroxylation is 3. The van der Waals surface area contributed by atoms with Gasteiger partial charge in [-0.2, -0.15) is 34.9 Å². The van der Waals surface area contributed by atoms with Crippen molar-refractivity contribution < 1.29 is 196 Å². The summed E-state index contributed by atoms with van der Waals surface area (Å²) in [4.78, 5) is 28.3. The molecule has 0 saturated carbocycles. The first-order chi connectivity index (χ1) is 17.8. The maximum atomic E-state index is 4.75. The molecule has 12 heteroatoms. The summed E-state index contributed by atoms with van der Waals surface area (Å²) in [7, 11) is 0. The molecule has 0 amide bonds. The third-order valence-electron chi connectivity index (χ3n) is 8.15. The van der Waals surface area contributed by atoms with E-state index in [9.17, 15) is 0 Å². The number of nitrogens with zero attached hydrogens (tertiary/aromatic N) is 6. The van der Waals surface area contributed by atoms with Crippen LogP contribution >= 0.6 is 0 Å². The van der Waals surface area contributed by atoms with Crippen LogP contribution in [-0.4, -0.2) is 20.0 Å². The van der Waals surface area contributed by atoms with E-state index < -0.39 is 0 Å². The van der Waals surface area contributed by atoms with Crippen LogP contribution in [0.4, 0.5) is 0 Å². The fraction of sp³-hybridized carbons (Fsp3) is 0.419. The molecule has 0 aromatic heterocycles. The zero-order chi connectivity index (χ0) is 25.8. The maximum Gasteiger partial charge on any atom is 0.115 e. The fourth-order valence-corrected chi connectivity index (χ4v) is 5.78. The Morgan fingerprint density at radius 1 is 0.419 bits per heavy atom. The molecule has 6 rings (SSSR count). The van der Waals surface area contributed by atoms with Crippen LogP contribution in [-0.2, 0) is 216 Å². The molecule has 0 N–H and O–H groups in total. The van der Waals surface area contributed by atoms with Gasteiger partial charge in [-0.1, -0.05) is 41.5 Å². The van der Waals surface area contributed by atoms with Crippen LogP contribution in [0.15, 0.2) is 30.0 Å². The second-order valence-electron chi connectivity index (χ2n) is 10.5. The van der Waals surface area contributed by atoms with Crippen LogP contribution in [0, 0.1) is 65.7 Å². The van der Waals surface area contributed by atoms with Crippen LogP contribution < -0.4 is 32.1 Å². The topological polar surface area (TPSA) is 74.2 Å². The van der Waals surface area contributed by atoms with E-state index in [1.807, 2.05) is 0 Å². The second kappa shape index (κ2) is 20.1. The van der Waals surface area contributed by atoms with E-state index >= 15 is 0 Å². The van der Waals surface area contributed by atoms with Crippen molar-refractivity contribution in [2.75, 3.05) is 20.0 Å². The van der Waals surface area contributed by atoms with Gasteiger partial charge in [0.1, 0.15) is 20.0 Å². The minimum atomic E-state index is 0. The Morgan fingerprint density at radius 2 is 0.651 bits per heavy atom. The summed E-state index contributed by atoms with van der Waals surface area (Å²) in [5.74, 6) is 0.259. The minimum Gasteiger partial charge on any atom is -0.325 e. The molecule has 0 fully saturated rings. The van der Waals surface area contributed by atoms with Crippen molar-refractivity contribution in [2.45, 2.75) is 60.8 Å². The summed E-state index contributed by atoms with van der Waals surface area (Å²) in [6, 6.07) is 11.0. The Kier molecular flexibility index (Phi) is 21.5. The molecule has 3 heterocycles. The molecule has 0 atom stereocenters. The van der Waals surface area contributed by atoms with Gasteiger partial charge in [0.2, 0.25) is 0 Å². The Morgan fingerprint density at radius 3 is 0.907 bits per heavy atom. The zero-order valence-electron chi connectivity index (χ0n) is 26.0. The molecular weight excluding hydrogens is 990 g/mol. The third kappa shape index (κ3) is 9.66. The average Bonchev–Trinajstić information content (AvgIpc) is 3.64. The standard InChI is InChI=1S/C31H31N6.6Y/c1-16-7-23(29-26(19(16)4)32-13-35-29)10-22(11-24-8-17(2)20(5)27-30(24)36-14-33-27)12-25-9-18(3)21(6)28-31(25)37-15-34-28;;;;;;/h22H,10-15H2,1-6H3;;;;;;/q-3;;;;;;. The largest absolute Gasteiger partial charge is 0.325 e. The van der Waals surface area contributed by atoms with Gasteiger partial charge < -0.3 is 15.0 Å². The molecule has 43 heavy (non-hydrogen) atoms. The van der Waals surface area contributed by atoms with Gasteiger partial charge in [-0.15, -0.1) is 33.4 Å².